The highest BCUT2D eigenvalue weighted by molar-refractivity contribution is 9.10. The first kappa shape index (κ1) is 14.8. The normalized spacial score (nSPS) is 16.7. The van der Waals surface area contributed by atoms with Crippen molar-refractivity contribution in [2.75, 3.05) is 19.7 Å². The van der Waals surface area contributed by atoms with Gasteiger partial charge >= 0.3 is 0 Å². The van der Waals surface area contributed by atoms with Crippen LogP contribution in [-0.4, -0.2) is 36.6 Å². The van der Waals surface area contributed by atoms with Gasteiger partial charge in [-0.1, -0.05) is 11.6 Å². The topological polar surface area (TPSA) is 29.5 Å². The summed E-state index contributed by atoms with van der Waals surface area (Å²) < 4.78 is 6.39. The Bertz CT molecular complexity index is 459. The van der Waals surface area contributed by atoms with Crippen LogP contribution in [-0.2, 0) is 4.74 Å². The van der Waals surface area contributed by atoms with E-state index in [-0.39, 0.29) is 5.91 Å². The third-order valence-electron chi connectivity index (χ3n) is 3.30. The van der Waals surface area contributed by atoms with E-state index in [1.807, 2.05) is 17.9 Å². The van der Waals surface area contributed by atoms with Crippen molar-refractivity contribution in [3.63, 3.8) is 0 Å². The zero-order valence-corrected chi connectivity index (χ0v) is 13.2. The predicted molar refractivity (Wildman–Crippen MR) is 79.7 cm³/mol. The smallest absolute Gasteiger partial charge is 0.253 e. The van der Waals surface area contributed by atoms with E-state index in [9.17, 15) is 4.79 Å². The minimum atomic E-state index is 0.0457. The number of carbonyl (C=O) groups is 1. The number of piperidine rings is 1. The van der Waals surface area contributed by atoms with Gasteiger partial charge in [0, 0.05) is 29.7 Å². The second-order valence-electron chi connectivity index (χ2n) is 4.58. The molecule has 0 aliphatic carbocycles. The van der Waals surface area contributed by atoms with Crippen LogP contribution in [0.3, 0.4) is 0 Å². The van der Waals surface area contributed by atoms with Crippen molar-refractivity contribution >= 4 is 33.4 Å². The third kappa shape index (κ3) is 3.71. The van der Waals surface area contributed by atoms with E-state index in [1.54, 1.807) is 12.1 Å². The maximum Gasteiger partial charge on any atom is 0.253 e. The minimum Gasteiger partial charge on any atom is -0.378 e. The summed E-state index contributed by atoms with van der Waals surface area (Å²) in [5, 5.41) is 0.565. The van der Waals surface area contributed by atoms with Crippen LogP contribution >= 0.6 is 27.5 Å². The Kier molecular flexibility index (Phi) is 5.25. The van der Waals surface area contributed by atoms with E-state index >= 15 is 0 Å². The van der Waals surface area contributed by atoms with Crippen LogP contribution in [0.4, 0.5) is 0 Å². The molecular weight excluding hydrogens is 330 g/mol. The summed E-state index contributed by atoms with van der Waals surface area (Å²) in [6, 6.07) is 5.32. The van der Waals surface area contributed by atoms with E-state index in [0.717, 1.165) is 37.0 Å². The molecule has 0 bridgehead atoms. The van der Waals surface area contributed by atoms with Crippen LogP contribution in [0.5, 0.6) is 0 Å². The minimum absolute atomic E-state index is 0.0457. The molecule has 0 atom stereocenters. The van der Waals surface area contributed by atoms with E-state index in [2.05, 4.69) is 15.9 Å². The van der Waals surface area contributed by atoms with E-state index < -0.39 is 0 Å². The molecule has 0 saturated carbocycles. The summed E-state index contributed by atoms with van der Waals surface area (Å²) in [6.07, 6.45) is 2.11. The standard InChI is InChI=1S/C14H17BrClNO2/c1-2-19-11-5-7-17(8-6-11)14(18)10-3-4-12(15)13(16)9-10/h3-4,9,11H,2,5-8H2,1H3. The zero-order chi connectivity index (χ0) is 13.8. The molecule has 1 heterocycles. The number of ether oxygens (including phenoxy) is 1. The number of carbonyl (C=O) groups excluding carboxylic acids is 1. The van der Waals surface area contributed by atoms with Crippen LogP contribution in [0.15, 0.2) is 22.7 Å². The second kappa shape index (κ2) is 6.73. The van der Waals surface area contributed by atoms with Crippen LogP contribution in [0.1, 0.15) is 30.1 Å². The summed E-state index contributed by atoms with van der Waals surface area (Å²) in [5.41, 5.74) is 0.642. The van der Waals surface area contributed by atoms with Crippen molar-refractivity contribution in [2.24, 2.45) is 0 Å². The molecule has 104 valence electrons. The lowest BCUT2D eigenvalue weighted by atomic mass is 10.1. The van der Waals surface area contributed by atoms with Gasteiger partial charge in [-0.05, 0) is 53.9 Å². The quantitative estimate of drug-likeness (QED) is 0.834. The van der Waals surface area contributed by atoms with Gasteiger partial charge in [-0.2, -0.15) is 0 Å². The van der Waals surface area contributed by atoms with Gasteiger partial charge < -0.3 is 9.64 Å². The zero-order valence-electron chi connectivity index (χ0n) is 10.9. The molecule has 1 fully saturated rings. The molecule has 0 spiro atoms. The Balaban J connectivity index is 1.99. The van der Waals surface area contributed by atoms with Crippen molar-refractivity contribution in [3.8, 4) is 0 Å². The van der Waals surface area contributed by atoms with Crippen LogP contribution in [0.25, 0.3) is 0 Å². The van der Waals surface area contributed by atoms with Gasteiger partial charge in [0.15, 0.2) is 0 Å². The number of likely N-dealkylation sites (tertiary alicyclic amines) is 1. The molecule has 1 aliphatic rings. The molecule has 1 aromatic carbocycles. The molecule has 1 aliphatic heterocycles. The fraction of sp³-hybridized carbons (Fsp3) is 0.500. The first-order valence-electron chi connectivity index (χ1n) is 6.47. The second-order valence-corrected chi connectivity index (χ2v) is 5.84. The number of benzene rings is 1. The molecule has 2 rings (SSSR count). The number of nitrogens with zero attached hydrogens (tertiary/aromatic N) is 1. The Labute approximate surface area is 127 Å². The fourth-order valence-electron chi connectivity index (χ4n) is 2.27. The van der Waals surface area contributed by atoms with Crippen LogP contribution in [0.2, 0.25) is 5.02 Å². The lowest BCUT2D eigenvalue weighted by Crippen LogP contribution is -2.40. The number of hydrogen-bond donors (Lipinski definition) is 0. The van der Waals surface area contributed by atoms with Gasteiger partial charge in [0.2, 0.25) is 0 Å². The number of amides is 1. The Morgan fingerprint density at radius 3 is 2.74 bits per heavy atom. The van der Waals surface area contributed by atoms with Crippen molar-refractivity contribution in [2.45, 2.75) is 25.9 Å². The first-order valence-corrected chi connectivity index (χ1v) is 7.65. The first-order chi connectivity index (χ1) is 9.11. The molecule has 5 heteroatoms. The van der Waals surface area contributed by atoms with Crippen molar-refractivity contribution in [3.05, 3.63) is 33.3 Å². The largest absolute Gasteiger partial charge is 0.378 e. The maximum absolute atomic E-state index is 12.3. The lowest BCUT2D eigenvalue weighted by molar-refractivity contribution is 0.0146. The molecular formula is C14H17BrClNO2. The van der Waals surface area contributed by atoms with Crippen LogP contribution in [0, 0.1) is 0 Å². The van der Waals surface area contributed by atoms with Gasteiger partial charge in [-0.15, -0.1) is 0 Å². The van der Waals surface area contributed by atoms with Gasteiger partial charge in [-0.3, -0.25) is 4.79 Å². The van der Waals surface area contributed by atoms with Crippen molar-refractivity contribution in [1.29, 1.82) is 0 Å². The maximum atomic E-state index is 12.3. The molecule has 1 aromatic rings. The molecule has 0 radical (unpaired) electrons. The highest BCUT2D eigenvalue weighted by Crippen LogP contribution is 2.24. The summed E-state index contributed by atoms with van der Waals surface area (Å²) in [6.45, 7) is 4.23. The highest BCUT2D eigenvalue weighted by atomic mass is 79.9. The van der Waals surface area contributed by atoms with Gasteiger partial charge in [0.1, 0.15) is 0 Å². The molecule has 3 nitrogen and oxygen atoms in total. The molecule has 0 unspecified atom stereocenters. The van der Waals surface area contributed by atoms with Crippen molar-refractivity contribution < 1.29 is 9.53 Å². The van der Waals surface area contributed by atoms with Gasteiger partial charge in [0.25, 0.3) is 5.91 Å². The summed E-state index contributed by atoms with van der Waals surface area (Å²) >= 11 is 9.35. The van der Waals surface area contributed by atoms with Gasteiger partial charge in [-0.25, -0.2) is 0 Å². The summed E-state index contributed by atoms with van der Waals surface area (Å²) in [4.78, 5) is 14.2. The molecule has 19 heavy (non-hydrogen) atoms. The third-order valence-corrected chi connectivity index (χ3v) is 4.53. The summed E-state index contributed by atoms with van der Waals surface area (Å²) in [5.74, 6) is 0.0457. The monoisotopic (exact) mass is 345 g/mol. The average Bonchev–Trinajstić information content (AvgIpc) is 2.42. The molecule has 1 amide bonds. The number of hydrogen-bond acceptors (Lipinski definition) is 2. The Morgan fingerprint density at radius 2 is 2.16 bits per heavy atom. The highest BCUT2D eigenvalue weighted by Gasteiger charge is 2.23. The summed E-state index contributed by atoms with van der Waals surface area (Å²) in [7, 11) is 0. The Hall–Kier alpha value is -0.580. The SMILES string of the molecule is CCOC1CCN(C(=O)c2ccc(Br)c(Cl)c2)CC1. The fourth-order valence-corrected chi connectivity index (χ4v) is 2.70. The number of rotatable bonds is 3. The molecule has 1 saturated heterocycles. The van der Waals surface area contributed by atoms with E-state index in [1.165, 1.54) is 0 Å². The Morgan fingerprint density at radius 1 is 1.47 bits per heavy atom. The van der Waals surface area contributed by atoms with Gasteiger partial charge in [0.05, 0.1) is 11.1 Å². The average molecular weight is 347 g/mol. The molecule has 0 aromatic heterocycles. The number of halogens is 2. The van der Waals surface area contributed by atoms with Crippen molar-refractivity contribution in [1.82, 2.24) is 4.90 Å². The molecule has 0 N–H and O–H groups in total. The van der Waals surface area contributed by atoms with Crippen LogP contribution < -0.4 is 0 Å². The predicted octanol–water partition coefficient (Wildman–Crippen LogP) is 3.74. The lowest BCUT2D eigenvalue weighted by Gasteiger charge is -2.31. The van der Waals surface area contributed by atoms with E-state index in [4.69, 9.17) is 16.3 Å². The van der Waals surface area contributed by atoms with E-state index in [0.29, 0.717) is 16.7 Å².